The second-order valence-electron chi connectivity index (χ2n) is 1.29. The number of carbonyl (C=O) groups excluding carboxylic acids is 2. The van der Waals surface area contributed by atoms with E-state index in [0.717, 1.165) is 0 Å². The van der Waals surface area contributed by atoms with Gasteiger partial charge in [0, 0.05) is 0 Å². The zero-order valence-corrected chi connectivity index (χ0v) is 5.38. The monoisotopic (exact) mass is 142 g/mol. The predicted octanol–water partition coefficient (Wildman–Crippen LogP) is -0.853. The van der Waals surface area contributed by atoms with E-state index in [-0.39, 0.29) is 6.61 Å². The Bertz CT molecular complexity index is 182. The molecule has 1 N–H and O–H groups in total. The molecule has 0 heterocycles. The molecule has 0 aliphatic heterocycles. The number of nitrogens with zero attached hydrogens (tertiary/aromatic N) is 1. The third kappa shape index (κ3) is 2.67. The van der Waals surface area contributed by atoms with Gasteiger partial charge in [0.15, 0.2) is 6.19 Å². The number of nitriles is 1. The molecular formula is C5H6N2O3. The molecule has 0 aromatic carbocycles. The normalized spacial score (nSPS) is 7.60. The first-order valence-corrected chi connectivity index (χ1v) is 2.58. The average molecular weight is 142 g/mol. The minimum Gasteiger partial charge on any atom is -0.459 e. The van der Waals surface area contributed by atoms with Crippen molar-refractivity contribution in [2.75, 3.05) is 6.61 Å². The molecule has 0 aliphatic carbocycles. The van der Waals surface area contributed by atoms with Gasteiger partial charge in [0.25, 0.3) is 0 Å². The standard InChI is InChI=1S/C5H6N2O3/c1-2-10-5(9)4(8)7-3-6/h2H2,1H3,(H,7,8). The summed E-state index contributed by atoms with van der Waals surface area (Å²) in [6, 6.07) is 0. The van der Waals surface area contributed by atoms with Crippen molar-refractivity contribution in [1.29, 1.82) is 5.26 Å². The fourth-order valence-corrected chi connectivity index (χ4v) is 0.298. The molecule has 0 saturated carbocycles. The predicted molar refractivity (Wildman–Crippen MR) is 30.4 cm³/mol. The summed E-state index contributed by atoms with van der Waals surface area (Å²) >= 11 is 0. The van der Waals surface area contributed by atoms with E-state index in [2.05, 4.69) is 4.74 Å². The summed E-state index contributed by atoms with van der Waals surface area (Å²) in [7, 11) is 0. The Kier molecular flexibility index (Phi) is 3.64. The molecule has 1 amide bonds. The Morgan fingerprint density at radius 2 is 2.30 bits per heavy atom. The summed E-state index contributed by atoms with van der Waals surface area (Å²) < 4.78 is 4.25. The lowest BCUT2D eigenvalue weighted by Gasteiger charge is -1.95. The van der Waals surface area contributed by atoms with Gasteiger partial charge in [0.2, 0.25) is 0 Å². The molecule has 0 saturated heterocycles. The Balaban J connectivity index is 3.74. The third-order valence-corrected chi connectivity index (χ3v) is 0.630. The Morgan fingerprint density at radius 1 is 1.70 bits per heavy atom. The van der Waals surface area contributed by atoms with Crippen LogP contribution in [0.1, 0.15) is 6.92 Å². The zero-order chi connectivity index (χ0) is 7.98. The molecule has 5 heteroatoms. The number of rotatable bonds is 1. The molecule has 0 aromatic heterocycles. The Labute approximate surface area is 57.6 Å². The van der Waals surface area contributed by atoms with Crippen molar-refractivity contribution in [3.63, 3.8) is 0 Å². The van der Waals surface area contributed by atoms with Crippen LogP contribution in [0, 0.1) is 11.5 Å². The first-order valence-electron chi connectivity index (χ1n) is 2.58. The number of amides is 1. The van der Waals surface area contributed by atoms with Gasteiger partial charge in [-0.15, -0.1) is 0 Å². The summed E-state index contributed by atoms with van der Waals surface area (Å²) in [6.07, 6.45) is 1.31. The van der Waals surface area contributed by atoms with Gasteiger partial charge in [-0.05, 0) is 6.92 Å². The minimum atomic E-state index is -1.04. The van der Waals surface area contributed by atoms with Gasteiger partial charge in [0.1, 0.15) is 0 Å². The zero-order valence-electron chi connectivity index (χ0n) is 5.38. The van der Waals surface area contributed by atoms with E-state index in [9.17, 15) is 9.59 Å². The number of hydrogen-bond donors (Lipinski definition) is 1. The third-order valence-electron chi connectivity index (χ3n) is 0.630. The van der Waals surface area contributed by atoms with Gasteiger partial charge in [-0.3, -0.25) is 10.1 Å². The molecule has 5 nitrogen and oxygen atoms in total. The Hall–Kier alpha value is -1.57. The van der Waals surface area contributed by atoms with Crippen LogP contribution in [-0.4, -0.2) is 18.5 Å². The maximum Gasteiger partial charge on any atom is 0.397 e. The van der Waals surface area contributed by atoms with Gasteiger partial charge < -0.3 is 4.74 Å². The largest absolute Gasteiger partial charge is 0.459 e. The highest BCUT2D eigenvalue weighted by molar-refractivity contribution is 6.32. The molecule has 10 heavy (non-hydrogen) atoms. The van der Waals surface area contributed by atoms with Crippen LogP contribution in [0.15, 0.2) is 0 Å². The first-order chi connectivity index (χ1) is 4.72. The molecule has 0 aliphatic rings. The molecule has 0 aromatic rings. The van der Waals surface area contributed by atoms with Crippen LogP contribution in [0.3, 0.4) is 0 Å². The van der Waals surface area contributed by atoms with Crippen molar-refractivity contribution < 1.29 is 14.3 Å². The van der Waals surface area contributed by atoms with E-state index in [1.54, 1.807) is 12.2 Å². The second kappa shape index (κ2) is 4.32. The lowest BCUT2D eigenvalue weighted by molar-refractivity contribution is -0.154. The van der Waals surface area contributed by atoms with Gasteiger partial charge in [-0.1, -0.05) is 0 Å². The van der Waals surface area contributed by atoms with Crippen LogP contribution in [0.2, 0.25) is 0 Å². The molecule has 0 radical (unpaired) electrons. The highest BCUT2D eigenvalue weighted by atomic mass is 16.5. The fraction of sp³-hybridized carbons (Fsp3) is 0.400. The van der Waals surface area contributed by atoms with Crippen molar-refractivity contribution in [1.82, 2.24) is 5.32 Å². The summed E-state index contributed by atoms with van der Waals surface area (Å²) in [4.78, 5) is 20.7. The fourth-order valence-electron chi connectivity index (χ4n) is 0.298. The van der Waals surface area contributed by atoms with Crippen LogP contribution < -0.4 is 5.32 Å². The molecule has 0 bridgehead atoms. The quantitative estimate of drug-likeness (QED) is 0.224. The van der Waals surface area contributed by atoms with Crippen molar-refractivity contribution in [3.8, 4) is 6.19 Å². The van der Waals surface area contributed by atoms with Crippen LogP contribution in [0.4, 0.5) is 0 Å². The van der Waals surface area contributed by atoms with Crippen molar-refractivity contribution in [3.05, 3.63) is 0 Å². The van der Waals surface area contributed by atoms with Crippen molar-refractivity contribution in [2.24, 2.45) is 0 Å². The molecule has 0 atom stereocenters. The van der Waals surface area contributed by atoms with Crippen LogP contribution in [0.5, 0.6) is 0 Å². The molecule has 0 unspecified atom stereocenters. The molecule has 0 fully saturated rings. The van der Waals surface area contributed by atoms with Crippen molar-refractivity contribution in [2.45, 2.75) is 6.92 Å². The van der Waals surface area contributed by atoms with Gasteiger partial charge in [-0.25, -0.2) is 4.79 Å². The Morgan fingerprint density at radius 3 is 2.70 bits per heavy atom. The number of nitrogens with one attached hydrogen (secondary N) is 1. The van der Waals surface area contributed by atoms with Gasteiger partial charge >= 0.3 is 11.9 Å². The van der Waals surface area contributed by atoms with Crippen LogP contribution in [0.25, 0.3) is 0 Å². The highest BCUT2D eigenvalue weighted by Crippen LogP contribution is 1.75. The maximum absolute atomic E-state index is 10.3. The number of esters is 1. The number of carbonyl (C=O) groups is 2. The van der Waals surface area contributed by atoms with E-state index >= 15 is 0 Å². The molecular weight excluding hydrogens is 136 g/mol. The summed E-state index contributed by atoms with van der Waals surface area (Å²) in [5.74, 6) is -2.08. The first kappa shape index (κ1) is 8.43. The SMILES string of the molecule is CCOC(=O)C(=O)NC#N. The van der Waals surface area contributed by atoms with E-state index in [1.165, 1.54) is 6.19 Å². The molecule has 0 spiro atoms. The molecule has 54 valence electrons. The van der Waals surface area contributed by atoms with Crippen LogP contribution >= 0.6 is 0 Å². The van der Waals surface area contributed by atoms with Gasteiger partial charge in [-0.2, -0.15) is 5.26 Å². The summed E-state index contributed by atoms with van der Waals surface area (Å²) in [6.45, 7) is 1.69. The average Bonchev–Trinajstić information content (AvgIpc) is 1.89. The second-order valence-corrected chi connectivity index (χ2v) is 1.29. The smallest absolute Gasteiger partial charge is 0.397 e. The molecule has 0 rings (SSSR count). The highest BCUT2D eigenvalue weighted by Gasteiger charge is 2.12. The van der Waals surface area contributed by atoms with E-state index in [0.29, 0.717) is 0 Å². The maximum atomic E-state index is 10.3. The summed E-state index contributed by atoms with van der Waals surface area (Å²) in [5.41, 5.74) is 0. The lowest BCUT2D eigenvalue weighted by atomic mass is 10.6. The van der Waals surface area contributed by atoms with Crippen LogP contribution in [-0.2, 0) is 14.3 Å². The number of ether oxygens (including phenoxy) is 1. The van der Waals surface area contributed by atoms with E-state index < -0.39 is 11.9 Å². The van der Waals surface area contributed by atoms with Crippen molar-refractivity contribution >= 4 is 11.9 Å². The summed E-state index contributed by atoms with van der Waals surface area (Å²) in [5, 5.41) is 9.49. The van der Waals surface area contributed by atoms with Gasteiger partial charge in [0.05, 0.1) is 6.61 Å². The minimum absolute atomic E-state index is 0.123. The van der Waals surface area contributed by atoms with E-state index in [4.69, 9.17) is 5.26 Å². The lowest BCUT2D eigenvalue weighted by Crippen LogP contribution is -2.28. The number of hydrogen-bond acceptors (Lipinski definition) is 4. The topological polar surface area (TPSA) is 79.2 Å². The van der Waals surface area contributed by atoms with E-state index in [1.807, 2.05) is 0 Å².